The summed E-state index contributed by atoms with van der Waals surface area (Å²) in [6.07, 6.45) is 7.21. The lowest BCUT2D eigenvalue weighted by atomic mass is 9.83. The Morgan fingerprint density at radius 1 is 1.14 bits per heavy atom. The molecule has 1 saturated carbocycles. The first-order valence-corrected chi connectivity index (χ1v) is 8.40. The topological polar surface area (TPSA) is 58.6 Å². The normalized spacial score (nSPS) is 32.1. The minimum atomic E-state index is -0.289. The average Bonchev–Trinajstić information content (AvgIpc) is 2.97. The molecule has 2 atom stereocenters. The number of carbonyl (C=O) groups excluding carboxylic acids is 2. The van der Waals surface area contributed by atoms with Crippen molar-refractivity contribution in [3.05, 3.63) is 0 Å². The van der Waals surface area contributed by atoms with Crippen molar-refractivity contribution in [2.45, 2.75) is 51.0 Å². The monoisotopic (exact) mass is 294 g/mol. The Morgan fingerprint density at radius 3 is 2.67 bits per heavy atom. The highest BCUT2D eigenvalue weighted by atomic mass is 16.5. The van der Waals surface area contributed by atoms with Gasteiger partial charge in [-0.2, -0.15) is 0 Å². The van der Waals surface area contributed by atoms with Gasteiger partial charge in [-0.1, -0.05) is 19.3 Å². The number of amides is 2. The van der Waals surface area contributed by atoms with Gasteiger partial charge in [-0.25, -0.2) is 0 Å². The molecule has 3 fully saturated rings. The van der Waals surface area contributed by atoms with E-state index in [1.165, 1.54) is 19.3 Å². The Hall–Kier alpha value is -1.10. The van der Waals surface area contributed by atoms with Crippen molar-refractivity contribution in [3.63, 3.8) is 0 Å². The lowest BCUT2D eigenvalue weighted by Crippen LogP contribution is -2.50. The molecular weight excluding hydrogens is 268 g/mol. The van der Waals surface area contributed by atoms with Gasteiger partial charge >= 0.3 is 0 Å². The second-order valence-electron chi connectivity index (χ2n) is 6.71. The van der Waals surface area contributed by atoms with Crippen LogP contribution in [0, 0.1) is 11.8 Å². The van der Waals surface area contributed by atoms with Crippen LogP contribution in [0.5, 0.6) is 0 Å². The zero-order valence-corrected chi connectivity index (χ0v) is 12.7. The lowest BCUT2D eigenvalue weighted by Gasteiger charge is -2.32. The number of hydrogen-bond acceptors (Lipinski definition) is 3. The summed E-state index contributed by atoms with van der Waals surface area (Å²) < 4.78 is 5.41. The SMILES string of the molecule is O=C1CCN(CC2CCOC2)C(=O)C(C2CCCCC2)N1. The van der Waals surface area contributed by atoms with Crippen molar-refractivity contribution in [2.24, 2.45) is 11.8 Å². The molecule has 1 aliphatic carbocycles. The Balaban J connectivity index is 1.68. The van der Waals surface area contributed by atoms with Crippen molar-refractivity contribution in [3.8, 4) is 0 Å². The summed E-state index contributed by atoms with van der Waals surface area (Å²) in [6.45, 7) is 2.86. The van der Waals surface area contributed by atoms with Gasteiger partial charge in [-0.05, 0) is 25.2 Å². The first-order valence-electron chi connectivity index (χ1n) is 8.40. The van der Waals surface area contributed by atoms with Crippen LogP contribution in [0.15, 0.2) is 0 Å². The highest BCUT2D eigenvalue weighted by Crippen LogP contribution is 2.28. The van der Waals surface area contributed by atoms with Gasteiger partial charge in [0.15, 0.2) is 0 Å². The van der Waals surface area contributed by atoms with Crippen LogP contribution in [0.1, 0.15) is 44.9 Å². The maximum atomic E-state index is 12.8. The first kappa shape index (κ1) is 14.8. The fraction of sp³-hybridized carbons (Fsp3) is 0.875. The van der Waals surface area contributed by atoms with Crippen LogP contribution in [0.2, 0.25) is 0 Å². The van der Waals surface area contributed by atoms with Crippen molar-refractivity contribution >= 4 is 11.8 Å². The molecule has 2 aliphatic heterocycles. The second kappa shape index (κ2) is 6.77. The molecule has 2 saturated heterocycles. The summed E-state index contributed by atoms with van der Waals surface area (Å²) in [5.74, 6) is 0.938. The molecule has 3 aliphatic rings. The third-order valence-corrected chi connectivity index (χ3v) is 5.13. The molecule has 0 aromatic carbocycles. The standard InChI is InChI=1S/C16H26N2O3/c19-14-6-8-18(10-12-7-9-21-11-12)16(20)15(17-14)13-4-2-1-3-5-13/h12-13,15H,1-11H2,(H,17,19). The zero-order chi connectivity index (χ0) is 14.7. The highest BCUT2D eigenvalue weighted by molar-refractivity contribution is 5.90. The second-order valence-corrected chi connectivity index (χ2v) is 6.71. The minimum Gasteiger partial charge on any atom is -0.381 e. The van der Waals surface area contributed by atoms with E-state index in [0.29, 0.717) is 24.8 Å². The summed E-state index contributed by atoms with van der Waals surface area (Å²) in [4.78, 5) is 26.7. The van der Waals surface area contributed by atoms with E-state index in [9.17, 15) is 9.59 Å². The molecular formula is C16H26N2O3. The van der Waals surface area contributed by atoms with Crippen LogP contribution in [-0.4, -0.2) is 49.1 Å². The van der Waals surface area contributed by atoms with Crippen molar-refractivity contribution in [2.75, 3.05) is 26.3 Å². The summed E-state index contributed by atoms with van der Waals surface area (Å²) in [5.41, 5.74) is 0. The van der Waals surface area contributed by atoms with Crippen LogP contribution in [-0.2, 0) is 14.3 Å². The Bertz CT molecular complexity index is 387. The van der Waals surface area contributed by atoms with E-state index in [1.54, 1.807) is 0 Å². The van der Waals surface area contributed by atoms with E-state index in [-0.39, 0.29) is 17.9 Å². The Kier molecular flexibility index (Phi) is 4.78. The molecule has 2 unspecified atom stereocenters. The molecule has 2 heterocycles. The molecule has 3 rings (SSSR count). The van der Waals surface area contributed by atoms with Crippen LogP contribution in [0.3, 0.4) is 0 Å². The fourth-order valence-corrected chi connectivity index (χ4v) is 3.86. The predicted molar refractivity (Wildman–Crippen MR) is 78.6 cm³/mol. The van der Waals surface area contributed by atoms with Gasteiger partial charge < -0.3 is 15.0 Å². The van der Waals surface area contributed by atoms with E-state index in [0.717, 1.165) is 39.0 Å². The molecule has 21 heavy (non-hydrogen) atoms. The van der Waals surface area contributed by atoms with E-state index in [4.69, 9.17) is 4.74 Å². The van der Waals surface area contributed by atoms with Gasteiger partial charge in [0, 0.05) is 32.0 Å². The number of carbonyl (C=O) groups is 2. The van der Waals surface area contributed by atoms with Crippen LogP contribution < -0.4 is 5.32 Å². The maximum Gasteiger partial charge on any atom is 0.245 e. The molecule has 2 amide bonds. The molecule has 0 aromatic rings. The van der Waals surface area contributed by atoms with Crippen molar-refractivity contribution in [1.82, 2.24) is 10.2 Å². The summed E-state index contributed by atoms with van der Waals surface area (Å²) in [7, 11) is 0. The molecule has 0 spiro atoms. The maximum absolute atomic E-state index is 12.8. The van der Waals surface area contributed by atoms with Gasteiger partial charge in [0.05, 0.1) is 6.61 Å². The quantitative estimate of drug-likeness (QED) is 0.854. The lowest BCUT2D eigenvalue weighted by molar-refractivity contribution is -0.136. The van der Waals surface area contributed by atoms with E-state index >= 15 is 0 Å². The number of hydrogen-bond donors (Lipinski definition) is 1. The van der Waals surface area contributed by atoms with Gasteiger partial charge in [0.1, 0.15) is 6.04 Å². The molecule has 5 heteroatoms. The molecule has 0 bridgehead atoms. The average molecular weight is 294 g/mol. The fourth-order valence-electron chi connectivity index (χ4n) is 3.86. The van der Waals surface area contributed by atoms with Gasteiger partial charge in [0.25, 0.3) is 0 Å². The number of nitrogens with one attached hydrogen (secondary N) is 1. The summed E-state index contributed by atoms with van der Waals surface area (Å²) in [6, 6.07) is -0.289. The van der Waals surface area contributed by atoms with Crippen LogP contribution in [0.4, 0.5) is 0 Å². The number of nitrogens with zero attached hydrogens (tertiary/aromatic N) is 1. The smallest absolute Gasteiger partial charge is 0.245 e. The van der Waals surface area contributed by atoms with Crippen molar-refractivity contribution < 1.29 is 14.3 Å². The summed E-state index contributed by atoms with van der Waals surface area (Å²) >= 11 is 0. The van der Waals surface area contributed by atoms with Crippen molar-refractivity contribution in [1.29, 1.82) is 0 Å². The zero-order valence-electron chi connectivity index (χ0n) is 12.7. The molecule has 5 nitrogen and oxygen atoms in total. The van der Waals surface area contributed by atoms with E-state index in [1.807, 2.05) is 4.90 Å². The van der Waals surface area contributed by atoms with Crippen LogP contribution in [0.25, 0.3) is 0 Å². The van der Waals surface area contributed by atoms with Gasteiger partial charge in [0.2, 0.25) is 11.8 Å². The highest BCUT2D eigenvalue weighted by Gasteiger charge is 2.36. The Morgan fingerprint density at radius 2 is 1.95 bits per heavy atom. The molecule has 0 radical (unpaired) electrons. The van der Waals surface area contributed by atoms with Gasteiger partial charge in [-0.15, -0.1) is 0 Å². The number of rotatable bonds is 3. The predicted octanol–water partition coefficient (Wildman–Crippen LogP) is 1.32. The number of ether oxygens (including phenoxy) is 1. The molecule has 1 N–H and O–H groups in total. The third-order valence-electron chi connectivity index (χ3n) is 5.13. The Labute approximate surface area is 126 Å². The first-order chi connectivity index (χ1) is 10.2. The summed E-state index contributed by atoms with van der Waals surface area (Å²) in [5, 5.41) is 2.99. The largest absolute Gasteiger partial charge is 0.381 e. The molecule has 0 aromatic heterocycles. The molecule has 118 valence electrons. The van der Waals surface area contributed by atoms with Gasteiger partial charge in [-0.3, -0.25) is 9.59 Å². The van der Waals surface area contributed by atoms with E-state index in [2.05, 4.69) is 5.32 Å². The van der Waals surface area contributed by atoms with E-state index < -0.39 is 0 Å². The minimum absolute atomic E-state index is 0.0316. The van der Waals surface area contributed by atoms with Crippen LogP contribution >= 0.6 is 0 Å². The third kappa shape index (κ3) is 3.57.